The van der Waals surface area contributed by atoms with E-state index in [0.717, 1.165) is 0 Å². The minimum Gasteiger partial charge on any atom is -0.481 e. The average molecular weight is 218 g/mol. The molecule has 0 aromatic rings. The third-order valence-corrected chi connectivity index (χ3v) is 7.34. The SMILES string of the molecule is CC(C)(C)[Si](C)(C)OCCCC(=O)O. The van der Waals surface area contributed by atoms with Crippen LogP contribution >= 0.6 is 0 Å². The molecule has 0 radical (unpaired) electrons. The van der Waals surface area contributed by atoms with Crippen LogP contribution in [0, 0.1) is 0 Å². The lowest BCUT2D eigenvalue weighted by Gasteiger charge is -2.36. The zero-order valence-corrected chi connectivity index (χ0v) is 10.9. The number of carbonyl (C=O) groups is 1. The number of hydrogen-bond acceptors (Lipinski definition) is 2. The van der Waals surface area contributed by atoms with Crippen LogP contribution in [0.1, 0.15) is 33.6 Å². The summed E-state index contributed by atoms with van der Waals surface area (Å²) in [5, 5.41) is 8.66. The predicted octanol–water partition coefficient (Wildman–Crippen LogP) is 2.87. The van der Waals surface area contributed by atoms with Gasteiger partial charge in [0.25, 0.3) is 0 Å². The van der Waals surface area contributed by atoms with E-state index in [1.54, 1.807) is 0 Å². The summed E-state index contributed by atoms with van der Waals surface area (Å²) in [6.45, 7) is 11.5. The van der Waals surface area contributed by atoms with Gasteiger partial charge < -0.3 is 9.53 Å². The second-order valence-electron chi connectivity index (χ2n) is 5.11. The number of rotatable bonds is 5. The van der Waals surface area contributed by atoms with Gasteiger partial charge in [0.15, 0.2) is 8.32 Å². The lowest BCUT2D eigenvalue weighted by Crippen LogP contribution is -2.41. The molecule has 1 N–H and O–H groups in total. The fraction of sp³-hybridized carbons (Fsp3) is 0.900. The summed E-state index contributed by atoms with van der Waals surface area (Å²) in [6.07, 6.45) is 0.816. The molecule has 0 aromatic heterocycles. The molecular weight excluding hydrogens is 196 g/mol. The standard InChI is InChI=1S/C10H22O3Si/c1-10(2,3)14(4,5)13-8-6-7-9(11)12/h6-8H2,1-5H3,(H,11,12). The van der Waals surface area contributed by atoms with Crippen LogP contribution in [0.4, 0.5) is 0 Å². The molecule has 3 nitrogen and oxygen atoms in total. The van der Waals surface area contributed by atoms with Crippen LogP contribution in [0.25, 0.3) is 0 Å². The van der Waals surface area contributed by atoms with E-state index in [2.05, 4.69) is 33.9 Å². The second-order valence-corrected chi connectivity index (χ2v) is 9.92. The van der Waals surface area contributed by atoms with Crippen molar-refractivity contribution in [2.45, 2.75) is 51.7 Å². The minimum atomic E-state index is -1.67. The first-order valence-corrected chi connectivity index (χ1v) is 7.93. The van der Waals surface area contributed by atoms with Crippen molar-refractivity contribution in [3.8, 4) is 0 Å². The fourth-order valence-electron chi connectivity index (χ4n) is 0.767. The van der Waals surface area contributed by atoms with Crippen molar-refractivity contribution in [1.82, 2.24) is 0 Å². The first-order valence-electron chi connectivity index (χ1n) is 5.02. The van der Waals surface area contributed by atoms with Gasteiger partial charge in [-0.1, -0.05) is 20.8 Å². The third kappa shape index (κ3) is 4.76. The third-order valence-electron chi connectivity index (χ3n) is 2.80. The van der Waals surface area contributed by atoms with Gasteiger partial charge in [-0.2, -0.15) is 0 Å². The Morgan fingerprint density at radius 1 is 1.36 bits per heavy atom. The van der Waals surface area contributed by atoms with E-state index in [9.17, 15) is 4.79 Å². The Kier molecular flexibility index (Phi) is 4.81. The van der Waals surface area contributed by atoms with E-state index in [-0.39, 0.29) is 11.5 Å². The molecule has 84 valence electrons. The summed E-state index contributed by atoms with van der Waals surface area (Å²) in [5.41, 5.74) is 0. The summed E-state index contributed by atoms with van der Waals surface area (Å²) in [4.78, 5) is 10.3. The van der Waals surface area contributed by atoms with Crippen LogP contribution in [0.2, 0.25) is 18.1 Å². The summed E-state index contributed by atoms with van der Waals surface area (Å²) in [7, 11) is -1.67. The Balaban J connectivity index is 3.83. The zero-order chi connectivity index (χ0) is 11.4. The molecule has 0 fully saturated rings. The number of carboxylic acid groups (broad SMARTS) is 1. The second kappa shape index (κ2) is 4.93. The van der Waals surface area contributed by atoms with Gasteiger partial charge >= 0.3 is 5.97 Å². The van der Waals surface area contributed by atoms with Gasteiger partial charge in [-0.05, 0) is 24.6 Å². The number of hydrogen-bond donors (Lipinski definition) is 1. The molecule has 0 rings (SSSR count). The quantitative estimate of drug-likeness (QED) is 0.570. The molecule has 0 saturated heterocycles. The van der Waals surface area contributed by atoms with E-state index in [1.165, 1.54) is 0 Å². The van der Waals surface area contributed by atoms with Gasteiger partial charge in [0.2, 0.25) is 0 Å². The molecule has 0 saturated carbocycles. The van der Waals surface area contributed by atoms with Crippen LogP contribution in [0.5, 0.6) is 0 Å². The van der Waals surface area contributed by atoms with E-state index in [4.69, 9.17) is 9.53 Å². The first-order chi connectivity index (χ1) is 6.17. The monoisotopic (exact) mass is 218 g/mol. The summed E-state index contributed by atoms with van der Waals surface area (Å²) in [6, 6.07) is 0. The van der Waals surface area contributed by atoms with E-state index in [1.807, 2.05) is 0 Å². The first kappa shape index (κ1) is 13.6. The van der Waals surface area contributed by atoms with E-state index in [0.29, 0.717) is 13.0 Å². The van der Waals surface area contributed by atoms with Crippen molar-refractivity contribution in [1.29, 1.82) is 0 Å². The summed E-state index contributed by atoms with van der Waals surface area (Å²) < 4.78 is 5.82. The normalized spacial score (nSPS) is 12.9. The van der Waals surface area contributed by atoms with E-state index >= 15 is 0 Å². The Hall–Kier alpha value is -0.353. The smallest absolute Gasteiger partial charge is 0.303 e. The lowest BCUT2D eigenvalue weighted by atomic mass is 10.2. The highest BCUT2D eigenvalue weighted by atomic mass is 28.4. The molecule has 14 heavy (non-hydrogen) atoms. The molecule has 0 aliphatic carbocycles. The highest BCUT2D eigenvalue weighted by Gasteiger charge is 2.36. The van der Waals surface area contributed by atoms with Crippen molar-refractivity contribution < 1.29 is 14.3 Å². The van der Waals surface area contributed by atoms with Crippen molar-refractivity contribution in [2.24, 2.45) is 0 Å². The zero-order valence-electron chi connectivity index (χ0n) is 9.89. The molecule has 0 aromatic carbocycles. The Morgan fingerprint density at radius 3 is 2.21 bits per heavy atom. The van der Waals surface area contributed by atoms with Gasteiger partial charge in [0.1, 0.15) is 0 Å². The Bertz CT molecular complexity index is 194. The van der Waals surface area contributed by atoms with Gasteiger partial charge in [0, 0.05) is 13.0 Å². The molecule has 0 unspecified atom stereocenters. The van der Waals surface area contributed by atoms with Gasteiger partial charge in [-0.25, -0.2) is 0 Å². The largest absolute Gasteiger partial charge is 0.481 e. The highest BCUT2D eigenvalue weighted by Crippen LogP contribution is 2.36. The maximum Gasteiger partial charge on any atom is 0.303 e. The van der Waals surface area contributed by atoms with Gasteiger partial charge in [-0.15, -0.1) is 0 Å². The maximum absolute atomic E-state index is 10.3. The summed E-state index contributed by atoms with van der Waals surface area (Å²) in [5.74, 6) is -0.746. The molecule has 0 amide bonds. The van der Waals surface area contributed by atoms with Crippen LogP contribution in [0.3, 0.4) is 0 Å². The Labute approximate surface area is 87.6 Å². The predicted molar refractivity (Wildman–Crippen MR) is 60.0 cm³/mol. The van der Waals surface area contributed by atoms with Crippen molar-refractivity contribution in [2.75, 3.05) is 6.61 Å². The molecule has 0 aliphatic heterocycles. The van der Waals surface area contributed by atoms with E-state index < -0.39 is 14.3 Å². The molecule has 0 atom stereocenters. The van der Waals surface area contributed by atoms with Gasteiger partial charge in [0.05, 0.1) is 0 Å². The molecule has 0 spiro atoms. The van der Waals surface area contributed by atoms with Crippen LogP contribution < -0.4 is 0 Å². The summed E-state index contributed by atoms with van der Waals surface area (Å²) >= 11 is 0. The maximum atomic E-state index is 10.3. The lowest BCUT2D eigenvalue weighted by molar-refractivity contribution is -0.137. The number of carboxylic acids is 1. The van der Waals surface area contributed by atoms with Gasteiger partial charge in [-0.3, -0.25) is 4.79 Å². The van der Waals surface area contributed by atoms with Crippen LogP contribution in [-0.2, 0) is 9.22 Å². The molecule has 4 heteroatoms. The van der Waals surface area contributed by atoms with Crippen LogP contribution in [-0.4, -0.2) is 26.0 Å². The van der Waals surface area contributed by atoms with Crippen molar-refractivity contribution in [3.63, 3.8) is 0 Å². The van der Waals surface area contributed by atoms with Crippen molar-refractivity contribution in [3.05, 3.63) is 0 Å². The molecule has 0 heterocycles. The van der Waals surface area contributed by atoms with Crippen LogP contribution in [0.15, 0.2) is 0 Å². The average Bonchev–Trinajstić information content (AvgIpc) is 1.95. The molecule has 0 aliphatic rings. The van der Waals surface area contributed by atoms with Crippen molar-refractivity contribution >= 4 is 14.3 Å². The Morgan fingerprint density at radius 2 is 1.86 bits per heavy atom. The topological polar surface area (TPSA) is 46.5 Å². The molecular formula is C10H22O3Si. The minimum absolute atomic E-state index is 0.203. The number of aliphatic carboxylic acids is 1. The molecule has 0 bridgehead atoms. The fourth-order valence-corrected chi connectivity index (χ4v) is 1.85. The highest BCUT2D eigenvalue weighted by molar-refractivity contribution is 6.74.